The summed E-state index contributed by atoms with van der Waals surface area (Å²) in [6, 6.07) is 37.7. The Morgan fingerprint density at radius 3 is 0.617 bits per heavy atom. The van der Waals surface area contributed by atoms with Crippen molar-refractivity contribution in [3.63, 3.8) is 0 Å². The van der Waals surface area contributed by atoms with Crippen molar-refractivity contribution in [3.05, 3.63) is 178 Å². The van der Waals surface area contributed by atoms with E-state index in [-0.39, 0.29) is 11.1 Å². The number of carboxylic acid groups (broad SMARTS) is 2. The molecule has 0 spiro atoms. The molecule has 12 heteroatoms. The highest BCUT2D eigenvalue weighted by Crippen LogP contribution is 2.19. The maximum Gasteiger partial charge on any atom is 0.335 e. The lowest BCUT2D eigenvalue weighted by Gasteiger charge is -1.94. The van der Waals surface area contributed by atoms with E-state index in [0.29, 0.717) is 0 Å². The summed E-state index contributed by atoms with van der Waals surface area (Å²) in [5, 5.41) is 16.9. The average molecular weight is 787 g/mol. The Morgan fingerprint density at radius 2 is 0.467 bits per heavy atom. The van der Waals surface area contributed by atoms with Crippen molar-refractivity contribution in [3.8, 4) is 0 Å². The first-order valence-electron chi connectivity index (χ1n) is 18.9. The molecular weight excluding hydrogens is 753 g/mol. The Hall–Kier alpha value is -8.64. The minimum absolute atomic E-state index is 0.0833. The molecular formula is C48H34N8O4. The van der Waals surface area contributed by atoms with E-state index in [0.717, 1.165) is 89.7 Å². The van der Waals surface area contributed by atoms with Gasteiger partial charge in [0.2, 0.25) is 0 Å². The SMILES string of the molecule is C1=Cc2cc3ccc(cc4nc(cc5ccc(cc1n2)[nH]5)C=C4)[nH]3.C1=Cc2cc3ccc(cc4nc(cc5ccc(cc1n2)[nH]5)C=C4)[nH]3.O=C(O)c1ccc(C(=O)O)cc1. The smallest absolute Gasteiger partial charge is 0.335 e. The van der Waals surface area contributed by atoms with Crippen LogP contribution in [-0.4, -0.2) is 62.0 Å². The molecule has 60 heavy (non-hydrogen) atoms. The normalized spacial score (nSPS) is 12.0. The number of nitrogens with one attached hydrogen (secondary N) is 4. The molecule has 1 aromatic carbocycles. The van der Waals surface area contributed by atoms with Crippen LogP contribution in [0.15, 0.2) is 121 Å². The van der Waals surface area contributed by atoms with Gasteiger partial charge in [-0.15, -0.1) is 0 Å². The molecule has 12 nitrogen and oxygen atoms in total. The standard InChI is InChI=1S/2C20H14N4.C8H6O4/c2*1-2-14-10-16-5-6-18(23-16)12-20-8-7-19(24-20)11-17-4-3-15(22-17)9-13(1)21-14;9-7(10)5-1-2-6(4-3-5)8(11)12/h2*1-12,21,24H;1-4H,(H,9,10)(H,11,12). The van der Waals surface area contributed by atoms with Crippen LogP contribution < -0.4 is 0 Å². The second kappa shape index (κ2) is 16.1. The first-order chi connectivity index (χ1) is 29.2. The van der Waals surface area contributed by atoms with Crippen molar-refractivity contribution in [2.45, 2.75) is 0 Å². The molecule has 6 N–H and O–H groups in total. The van der Waals surface area contributed by atoms with E-state index in [1.54, 1.807) is 0 Å². The summed E-state index contributed by atoms with van der Waals surface area (Å²) in [7, 11) is 0. The zero-order valence-corrected chi connectivity index (χ0v) is 31.7. The third kappa shape index (κ3) is 8.98. The van der Waals surface area contributed by atoms with Crippen LogP contribution in [0.2, 0.25) is 0 Å². The first kappa shape index (κ1) is 37.0. The van der Waals surface area contributed by atoms with E-state index in [1.807, 2.05) is 97.1 Å². The van der Waals surface area contributed by atoms with Gasteiger partial charge in [0, 0.05) is 44.1 Å². The van der Waals surface area contributed by atoms with Gasteiger partial charge in [0.05, 0.1) is 56.7 Å². The zero-order chi connectivity index (χ0) is 41.0. The highest BCUT2D eigenvalue weighted by atomic mass is 16.4. The van der Waals surface area contributed by atoms with Gasteiger partial charge < -0.3 is 30.1 Å². The lowest BCUT2D eigenvalue weighted by molar-refractivity contribution is 0.0681. The van der Waals surface area contributed by atoms with Crippen LogP contribution in [0.4, 0.5) is 0 Å². The van der Waals surface area contributed by atoms with E-state index in [4.69, 9.17) is 10.2 Å². The fourth-order valence-electron chi connectivity index (χ4n) is 6.64. The van der Waals surface area contributed by atoms with Gasteiger partial charge in [0.15, 0.2) is 0 Å². The molecule has 11 rings (SSSR count). The molecule has 0 saturated heterocycles. The fourth-order valence-corrected chi connectivity index (χ4v) is 6.64. The Bertz CT molecular complexity index is 2720. The molecule has 4 aliphatic heterocycles. The number of rotatable bonds is 2. The van der Waals surface area contributed by atoms with Crippen LogP contribution >= 0.6 is 0 Å². The molecule has 0 aliphatic carbocycles. The minimum Gasteiger partial charge on any atom is -0.478 e. The van der Waals surface area contributed by atoms with Crippen LogP contribution in [0.5, 0.6) is 0 Å². The van der Waals surface area contributed by atoms with Crippen molar-refractivity contribution in [1.29, 1.82) is 0 Å². The quantitative estimate of drug-likeness (QED) is 0.0998. The van der Waals surface area contributed by atoms with Crippen LogP contribution in [-0.2, 0) is 0 Å². The number of fused-ring (bicyclic) bond motifs is 16. The Morgan fingerprint density at radius 1 is 0.300 bits per heavy atom. The van der Waals surface area contributed by atoms with Gasteiger partial charge in [-0.3, -0.25) is 0 Å². The number of hydrogen-bond donors (Lipinski definition) is 6. The third-order valence-corrected chi connectivity index (χ3v) is 9.46. The van der Waals surface area contributed by atoms with Crippen LogP contribution in [0.25, 0.3) is 92.7 Å². The number of aromatic nitrogens is 8. The molecule has 7 aromatic rings. The summed E-state index contributed by atoms with van der Waals surface area (Å²) in [6.45, 7) is 0. The molecule has 0 fully saturated rings. The summed E-state index contributed by atoms with van der Waals surface area (Å²) >= 11 is 0. The number of aromatic carboxylic acids is 2. The number of carboxylic acids is 2. The maximum absolute atomic E-state index is 10.3. The van der Waals surface area contributed by atoms with Crippen molar-refractivity contribution >= 4 is 105 Å². The summed E-state index contributed by atoms with van der Waals surface area (Å²) in [4.78, 5) is 52.7. The first-order valence-corrected chi connectivity index (χ1v) is 18.9. The predicted octanol–water partition coefficient (Wildman–Crippen LogP) is 10.4. The molecule has 0 atom stereocenters. The highest BCUT2D eigenvalue weighted by Gasteiger charge is 2.06. The number of nitrogens with zero attached hydrogens (tertiary/aromatic N) is 4. The Balaban J connectivity index is 0.000000123. The highest BCUT2D eigenvalue weighted by molar-refractivity contribution is 5.91. The van der Waals surface area contributed by atoms with Gasteiger partial charge in [-0.05, 0) is 170 Å². The van der Waals surface area contributed by atoms with E-state index in [1.165, 1.54) is 24.3 Å². The summed E-state index contributed by atoms with van der Waals surface area (Å²) in [5.74, 6) is -2.13. The van der Waals surface area contributed by atoms with Crippen molar-refractivity contribution in [2.75, 3.05) is 0 Å². The number of carbonyl (C=O) groups is 2. The summed E-state index contributed by atoms with van der Waals surface area (Å²) < 4.78 is 0. The van der Waals surface area contributed by atoms with Crippen molar-refractivity contribution < 1.29 is 19.8 Å². The fraction of sp³-hybridized carbons (Fsp3) is 0. The average Bonchev–Trinajstić information content (AvgIpc) is 4.08. The van der Waals surface area contributed by atoms with Crippen molar-refractivity contribution in [2.24, 2.45) is 0 Å². The monoisotopic (exact) mass is 786 g/mol. The number of aromatic amines is 4. The third-order valence-electron chi connectivity index (χ3n) is 9.46. The molecule has 6 aromatic heterocycles. The van der Waals surface area contributed by atoms with Gasteiger partial charge in [-0.25, -0.2) is 29.5 Å². The zero-order valence-electron chi connectivity index (χ0n) is 31.7. The number of benzene rings is 1. The largest absolute Gasteiger partial charge is 0.478 e. The van der Waals surface area contributed by atoms with Gasteiger partial charge >= 0.3 is 11.9 Å². The predicted molar refractivity (Wildman–Crippen MR) is 238 cm³/mol. The second-order valence-corrected chi connectivity index (χ2v) is 14.0. The maximum atomic E-state index is 10.3. The molecule has 290 valence electrons. The minimum atomic E-state index is -1.06. The Labute approximate surface area is 341 Å². The lowest BCUT2D eigenvalue weighted by atomic mass is 10.1. The number of hydrogen-bond acceptors (Lipinski definition) is 6. The molecule has 0 unspecified atom stereocenters. The van der Waals surface area contributed by atoms with Gasteiger partial charge in [0.1, 0.15) is 0 Å². The van der Waals surface area contributed by atoms with E-state index in [9.17, 15) is 9.59 Å². The molecule has 0 amide bonds. The summed E-state index contributed by atoms with van der Waals surface area (Å²) in [6.07, 6.45) is 16.2. The molecule has 4 aliphatic rings. The molecule has 10 heterocycles. The Kier molecular flexibility index (Phi) is 9.91. The number of H-pyrrole nitrogens is 4. The molecule has 0 saturated carbocycles. The van der Waals surface area contributed by atoms with Crippen LogP contribution in [0.3, 0.4) is 0 Å². The van der Waals surface area contributed by atoms with Crippen LogP contribution in [0.1, 0.15) is 66.3 Å². The molecule has 0 radical (unpaired) electrons. The van der Waals surface area contributed by atoms with E-state index in [2.05, 4.69) is 88.4 Å². The van der Waals surface area contributed by atoms with Gasteiger partial charge in [-0.2, -0.15) is 0 Å². The van der Waals surface area contributed by atoms with Crippen LogP contribution in [0, 0.1) is 0 Å². The second-order valence-electron chi connectivity index (χ2n) is 14.0. The topological polar surface area (TPSA) is 189 Å². The van der Waals surface area contributed by atoms with Gasteiger partial charge in [-0.1, -0.05) is 0 Å². The lowest BCUT2D eigenvalue weighted by Crippen LogP contribution is -1.99. The van der Waals surface area contributed by atoms with E-state index < -0.39 is 11.9 Å². The molecule has 16 bridgehead atoms. The van der Waals surface area contributed by atoms with E-state index >= 15 is 0 Å². The summed E-state index contributed by atoms with van der Waals surface area (Å²) in [5.41, 5.74) is 15.9. The van der Waals surface area contributed by atoms with Gasteiger partial charge in [0.25, 0.3) is 0 Å². The van der Waals surface area contributed by atoms with Crippen molar-refractivity contribution in [1.82, 2.24) is 39.9 Å².